The van der Waals surface area contributed by atoms with E-state index in [4.69, 9.17) is 0 Å². The fraction of sp³-hybridized carbons (Fsp3) is 0.467. The molecule has 1 aromatic rings. The molecular formula is C15H19NO4S. The Kier molecular flexibility index (Phi) is 4.18. The third-order valence-corrected chi connectivity index (χ3v) is 6.36. The second kappa shape index (κ2) is 5.60. The summed E-state index contributed by atoms with van der Waals surface area (Å²) in [6.07, 6.45) is 0.132. The number of hydrogen-bond acceptors (Lipinski definition) is 4. The number of nitro groups is 1. The normalized spacial score (nSPS) is 26.2. The van der Waals surface area contributed by atoms with Crippen molar-refractivity contribution in [2.45, 2.75) is 36.5 Å². The van der Waals surface area contributed by atoms with Gasteiger partial charge in [-0.05, 0) is 18.1 Å². The predicted molar refractivity (Wildman–Crippen MR) is 80.3 cm³/mol. The van der Waals surface area contributed by atoms with Crippen LogP contribution in [0.15, 0.2) is 47.4 Å². The minimum Gasteiger partial charge on any atom is -0.264 e. The number of rotatable bonds is 4. The highest BCUT2D eigenvalue weighted by Gasteiger charge is 2.53. The monoisotopic (exact) mass is 309 g/mol. The van der Waals surface area contributed by atoms with Gasteiger partial charge in [0.05, 0.1) is 16.1 Å². The zero-order valence-corrected chi connectivity index (χ0v) is 12.9. The maximum Gasteiger partial charge on any atom is 0.221 e. The average molecular weight is 309 g/mol. The number of benzene rings is 1. The smallest absolute Gasteiger partial charge is 0.221 e. The van der Waals surface area contributed by atoms with E-state index in [0.29, 0.717) is 5.57 Å². The molecule has 0 aliphatic heterocycles. The van der Waals surface area contributed by atoms with Gasteiger partial charge in [0.25, 0.3) is 0 Å². The average Bonchev–Trinajstić information content (AvgIpc) is 2.78. The standard InChI is InChI=1S/C15H19NO4S/c1-10(2)14-13(16(17)18)9-11(3)15(14)21(19,20)12-7-5-4-6-8-12/h4-8,10,13-15H,3,9H2,1-2H3/t13-,14-,15-/m0/s1. The van der Waals surface area contributed by atoms with Crippen LogP contribution in [-0.4, -0.2) is 24.6 Å². The largest absolute Gasteiger partial charge is 0.264 e. The highest BCUT2D eigenvalue weighted by molar-refractivity contribution is 7.92. The first-order valence-electron chi connectivity index (χ1n) is 6.87. The first-order chi connectivity index (χ1) is 9.76. The van der Waals surface area contributed by atoms with Gasteiger partial charge < -0.3 is 0 Å². The van der Waals surface area contributed by atoms with Gasteiger partial charge in [0.1, 0.15) is 0 Å². The van der Waals surface area contributed by atoms with E-state index in [1.165, 1.54) is 12.1 Å². The van der Waals surface area contributed by atoms with Crippen LogP contribution >= 0.6 is 0 Å². The predicted octanol–water partition coefficient (Wildman–Crippen LogP) is 2.71. The zero-order valence-electron chi connectivity index (χ0n) is 12.1. The minimum atomic E-state index is -3.65. The van der Waals surface area contributed by atoms with Crippen molar-refractivity contribution in [2.75, 3.05) is 0 Å². The molecule has 1 aromatic carbocycles. The Labute approximate surface area is 124 Å². The molecule has 1 aliphatic rings. The summed E-state index contributed by atoms with van der Waals surface area (Å²) < 4.78 is 25.7. The molecule has 114 valence electrons. The van der Waals surface area contributed by atoms with Crippen molar-refractivity contribution in [3.8, 4) is 0 Å². The molecule has 0 radical (unpaired) electrons. The highest BCUT2D eigenvalue weighted by atomic mass is 32.2. The van der Waals surface area contributed by atoms with Crippen LogP contribution in [0.3, 0.4) is 0 Å². The van der Waals surface area contributed by atoms with Crippen molar-refractivity contribution in [1.29, 1.82) is 0 Å². The van der Waals surface area contributed by atoms with E-state index in [1.807, 2.05) is 13.8 Å². The summed E-state index contributed by atoms with van der Waals surface area (Å²) in [6.45, 7) is 7.46. The van der Waals surface area contributed by atoms with Crippen LogP contribution in [0.25, 0.3) is 0 Å². The van der Waals surface area contributed by atoms with Gasteiger partial charge in [-0.3, -0.25) is 10.1 Å². The fourth-order valence-corrected chi connectivity index (χ4v) is 5.46. The van der Waals surface area contributed by atoms with E-state index < -0.39 is 27.0 Å². The van der Waals surface area contributed by atoms with Gasteiger partial charge in [0.2, 0.25) is 6.04 Å². The van der Waals surface area contributed by atoms with Crippen LogP contribution in [0.5, 0.6) is 0 Å². The molecule has 1 fully saturated rings. The van der Waals surface area contributed by atoms with Gasteiger partial charge in [0.15, 0.2) is 9.84 Å². The molecule has 5 nitrogen and oxygen atoms in total. The van der Waals surface area contributed by atoms with Gasteiger partial charge in [-0.15, -0.1) is 0 Å². The number of hydrogen-bond donors (Lipinski definition) is 0. The lowest BCUT2D eigenvalue weighted by atomic mass is 9.91. The number of sulfone groups is 1. The van der Waals surface area contributed by atoms with E-state index in [1.54, 1.807) is 18.2 Å². The van der Waals surface area contributed by atoms with Crippen LogP contribution in [0, 0.1) is 22.0 Å². The van der Waals surface area contributed by atoms with Crippen molar-refractivity contribution in [3.05, 3.63) is 52.6 Å². The Balaban J connectivity index is 2.51. The van der Waals surface area contributed by atoms with E-state index in [2.05, 4.69) is 6.58 Å². The lowest BCUT2D eigenvalue weighted by Crippen LogP contribution is -2.37. The Bertz CT molecular complexity index is 652. The summed E-state index contributed by atoms with van der Waals surface area (Å²) in [5.41, 5.74) is 0.444. The Morgan fingerprint density at radius 3 is 2.33 bits per heavy atom. The maximum atomic E-state index is 12.8. The Hall–Kier alpha value is -1.69. The van der Waals surface area contributed by atoms with Gasteiger partial charge in [0, 0.05) is 11.3 Å². The lowest BCUT2D eigenvalue weighted by molar-refractivity contribution is -0.529. The molecule has 6 heteroatoms. The van der Waals surface area contributed by atoms with E-state index in [9.17, 15) is 18.5 Å². The van der Waals surface area contributed by atoms with Crippen LogP contribution in [0.4, 0.5) is 0 Å². The quantitative estimate of drug-likeness (QED) is 0.487. The third-order valence-electron chi connectivity index (χ3n) is 4.11. The second-order valence-electron chi connectivity index (χ2n) is 5.82. The molecule has 1 saturated carbocycles. The summed E-state index contributed by atoms with van der Waals surface area (Å²) >= 11 is 0. The second-order valence-corrected chi connectivity index (χ2v) is 7.88. The molecule has 0 unspecified atom stereocenters. The molecule has 0 saturated heterocycles. The van der Waals surface area contributed by atoms with Gasteiger partial charge >= 0.3 is 0 Å². The topological polar surface area (TPSA) is 77.3 Å². The SMILES string of the molecule is C=C1C[C@H]([N+](=O)[O-])[C@H](C(C)C)[C@H]1S(=O)(=O)c1ccccc1. The minimum absolute atomic E-state index is 0.108. The Morgan fingerprint density at radius 1 is 1.29 bits per heavy atom. The van der Waals surface area contributed by atoms with E-state index >= 15 is 0 Å². The van der Waals surface area contributed by atoms with Crippen LogP contribution < -0.4 is 0 Å². The van der Waals surface area contributed by atoms with E-state index in [-0.39, 0.29) is 22.2 Å². The summed E-state index contributed by atoms with van der Waals surface area (Å²) in [5.74, 6) is -0.652. The summed E-state index contributed by atoms with van der Waals surface area (Å²) in [5, 5.41) is 10.4. The van der Waals surface area contributed by atoms with Crippen molar-refractivity contribution in [1.82, 2.24) is 0 Å². The molecule has 0 N–H and O–H groups in total. The summed E-state index contributed by atoms with van der Waals surface area (Å²) in [6, 6.07) is 7.22. The van der Waals surface area contributed by atoms with Gasteiger partial charge in [-0.2, -0.15) is 0 Å². The van der Waals surface area contributed by atoms with Crippen molar-refractivity contribution < 1.29 is 13.3 Å². The highest BCUT2D eigenvalue weighted by Crippen LogP contribution is 2.42. The molecule has 0 aromatic heterocycles. The van der Waals surface area contributed by atoms with E-state index in [0.717, 1.165) is 0 Å². The summed E-state index contributed by atoms with van der Waals surface area (Å²) in [4.78, 5) is 11.1. The molecule has 3 atom stereocenters. The molecule has 0 amide bonds. The van der Waals surface area contributed by atoms with Gasteiger partial charge in [-0.25, -0.2) is 8.42 Å². The van der Waals surface area contributed by atoms with Crippen molar-refractivity contribution >= 4 is 9.84 Å². The molecule has 0 heterocycles. The fourth-order valence-electron chi connectivity index (χ4n) is 3.19. The number of nitrogens with zero attached hydrogens (tertiary/aromatic N) is 1. The maximum absolute atomic E-state index is 12.8. The van der Waals surface area contributed by atoms with Gasteiger partial charge in [-0.1, -0.05) is 44.2 Å². The van der Waals surface area contributed by atoms with Crippen molar-refractivity contribution in [3.63, 3.8) is 0 Å². The molecule has 2 rings (SSSR count). The lowest BCUT2D eigenvalue weighted by Gasteiger charge is -2.24. The van der Waals surface area contributed by atoms with Crippen LogP contribution in [0.2, 0.25) is 0 Å². The first kappa shape index (κ1) is 15.7. The van der Waals surface area contributed by atoms with Crippen molar-refractivity contribution in [2.24, 2.45) is 11.8 Å². The van der Waals surface area contributed by atoms with Crippen LogP contribution in [-0.2, 0) is 9.84 Å². The molecule has 0 spiro atoms. The molecular weight excluding hydrogens is 290 g/mol. The molecule has 21 heavy (non-hydrogen) atoms. The van der Waals surface area contributed by atoms with Crippen LogP contribution in [0.1, 0.15) is 20.3 Å². The zero-order chi connectivity index (χ0) is 15.8. The first-order valence-corrected chi connectivity index (χ1v) is 8.41. The third kappa shape index (κ3) is 2.72. The molecule has 1 aliphatic carbocycles. The Morgan fingerprint density at radius 2 is 1.86 bits per heavy atom. The molecule has 0 bridgehead atoms. The summed E-state index contributed by atoms with van der Waals surface area (Å²) in [7, 11) is -3.65.